The van der Waals surface area contributed by atoms with Crippen LogP contribution in [0.5, 0.6) is 0 Å². The van der Waals surface area contributed by atoms with Crippen molar-refractivity contribution in [2.45, 2.75) is 44.6 Å². The zero-order chi connectivity index (χ0) is 18.4. The van der Waals surface area contributed by atoms with Crippen LogP contribution in [0.15, 0.2) is 53.4 Å². The van der Waals surface area contributed by atoms with E-state index in [1.807, 2.05) is 20.8 Å². The van der Waals surface area contributed by atoms with Crippen molar-refractivity contribution in [2.75, 3.05) is 4.72 Å². The molecule has 5 nitrogen and oxygen atoms in total. The summed E-state index contributed by atoms with van der Waals surface area (Å²) in [7, 11) is -3.75. The highest BCUT2D eigenvalue weighted by atomic mass is 32.2. The Balaban J connectivity index is 2.25. The van der Waals surface area contributed by atoms with Gasteiger partial charge >= 0.3 is 0 Å². The highest BCUT2D eigenvalue weighted by Crippen LogP contribution is 2.20. The molecule has 0 bridgehead atoms. The maximum absolute atomic E-state index is 12.6. The van der Waals surface area contributed by atoms with Gasteiger partial charge in [0.05, 0.1) is 16.1 Å². The van der Waals surface area contributed by atoms with E-state index in [0.29, 0.717) is 5.56 Å². The number of carbonyl (C=O) groups is 1. The molecule has 2 rings (SSSR count). The van der Waals surface area contributed by atoms with E-state index in [-0.39, 0.29) is 22.5 Å². The Bertz CT molecular complexity index is 830. The fourth-order valence-electron chi connectivity index (χ4n) is 2.50. The summed E-state index contributed by atoms with van der Waals surface area (Å²) in [5.41, 5.74) is 1.55. The molecule has 1 atom stereocenters. The van der Waals surface area contributed by atoms with Gasteiger partial charge in [-0.05, 0) is 44.5 Å². The molecule has 0 fully saturated rings. The van der Waals surface area contributed by atoms with Crippen LogP contribution < -0.4 is 10.0 Å². The Labute approximate surface area is 149 Å². The van der Waals surface area contributed by atoms with E-state index >= 15 is 0 Å². The number of benzene rings is 2. The van der Waals surface area contributed by atoms with E-state index < -0.39 is 10.0 Å². The van der Waals surface area contributed by atoms with Gasteiger partial charge in [0.2, 0.25) is 0 Å². The highest BCUT2D eigenvalue weighted by Gasteiger charge is 2.19. The van der Waals surface area contributed by atoms with Gasteiger partial charge < -0.3 is 5.32 Å². The van der Waals surface area contributed by atoms with Crippen LogP contribution in [0.4, 0.5) is 5.69 Å². The standard InChI is InChI=1S/C19H24N2O3S/c1-4-7-15(3)20-19(22)17-8-5-6-9-18(17)21-25(23,24)16-12-10-14(2)11-13-16/h5-6,8-13,15,21H,4,7H2,1-3H3,(H,20,22). The van der Waals surface area contributed by atoms with Crippen molar-refractivity contribution in [1.82, 2.24) is 5.32 Å². The molecule has 0 aliphatic carbocycles. The van der Waals surface area contributed by atoms with Gasteiger partial charge in [-0.1, -0.05) is 43.2 Å². The molecule has 1 amide bonds. The number of para-hydroxylation sites is 1. The summed E-state index contributed by atoms with van der Waals surface area (Å²) in [5, 5.41) is 2.90. The summed E-state index contributed by atoms with van der Waals surface area (Å²) in [4.78, 5) is 12.6. The van der Waals surface area contributed by atoms with Crippen molar-refractivity contribution >= 4 is 21.6 Å². The maximum atomic E-state index is 12.6. The van der Waals surface area contributed by atoms with Crippen LogP contribution in [0.1, 0.15) is 42.6 Å². The first-order valence-corrected chi connectivity index (χ1v) is 9.81. The minimum Gasteiger partial charge on any atom is -0.350 e. The second kappa shape index (κ2) is 8.16. The molecule has 0 aromatic heterocycles. The molecule has 0 aliphatic heterocycles. The molecule has 134 valence electrons. The lowest BCUT2D eigenvalue weighted by molar-refractivity contribution is 0.0939. The van der Waals surface area contributed by atoms with Gasteiger partial charge in [0, 0.05) is 6.04 Å². The van der Waals surface area contributed by atoms with Gasteiger partial charge in [0.15, 0.2) is 0 Å². The second-order valence-electron chi connectivity index (χ2n) is 6.13. The highest BCUT2D eigenvalue weighted by molar-refractivity contribution is 7.92. The van der Waals surface area contributed by atoms with E-state index in [1.54, 1.807) is 48.5 Å². The largest absolute Gasteiger partial charge is 0.350 e. The van der Waals surface area contributed by atoms with Gasteiger partial charge in [-0.3, -0.25) is 9.52 Å². The molecule has 0 heterocycles. The van der Waals surface area contributed by atoms with Crippen LogP contribution in [0.2, 0.25) is 0 Å². The number of rotatable bonds is 7. The van der Waals surface area contributed by atoms with Crippen molar-refractivity contribution in [3.8, 4) is 0 Å². The SMILES string of the molecule is CCCC(C)NC(=O)c1ccccc1NS(=O)(=O)c1ccc(C)cc1. The van der Waals surface area contributed by atoms with Crippen LogP contribution in [-0.2, 0) is 10.0 Å². The molecule has 2 aromatic rings. The van der Waals surface area contributed by atoms with Gasteiger partial charge in [-0.15, -0.1) is 0 Å². The molecule has 0 radical (unpaired) electrons. The number of sulfonamides is 1. The Morgan fingerprint density at radius 1 is 1.08 bits per heavy atom. The average Bonchev–Trinajstić information content (AvgIpc) is 2.55. The molecular formula is C19H24N2O3S. The topological polar surface area (TPSA) is 75.3 Å². The van der Waals surface area contributed by atoms with E-state index in [9.17, 15) is 13.2 Å². The lowest BCUT2D eigenvalue weighted by Gasteiger charge is -2.16. The summed E-state index contributed by atoms with van der Waals surface area (Å²) in [6, 6.07) is 13.2. The van der Waals surface area contributed by atoms with Gasteiger partial charge in [0.1, 0.15) is 0 Å². The number of nitrogens with one attached hydrogen (secondary N) is 2. The first-order valence-electron chi connectivity index (χ1n) is 8.33. The Morgan fingerprint density at radius 2 is 1.72 bits per heavy atom. The summed E-state index contributed by atoms with van der Waals surface area (Å²) >= 11 is 0. The number of hydrogen-bond acceptors (Lipinski definition) is 3. The smallest absolute Gasteiger partial charge is 0.261 e. The van der Waals surface area contributed by atoms with E-state index in [1.165, 1.54) is 0 Å². The monoisotopic (exact) mass is 360 g/mol. The molecule has 1 unspecified atom stereocenters. The summed E-state index contributed by atoms with van der Waals surface area (Å²) in [5.74, 6) is -0.289. The van der Waals surface area contributed by atoms with E-state index in [4.69, 9.17) is 0 Å². The molecule has 0 saturated carbocycles. The number of aryl methyl sites for hydroxylation is 1. The minimum atomic E-state index is -3.75. The first-order chi connectivity index (χ1) is 11.8. The van der Waals surface area contributed by atoms with Crippen LogP contribution in [0.25, 0.3) is 0 Å². The average molecular weight is 360 g/mol. The predicted molar refractivity (Wildman–Crippen MR) is 100 cm³/mol. The Kier molecular flexibility index (Phi) is 6.20. The summed E-state index contributed by atoms with van der Waals surface area (Å²) in [6.45, 7) is 5.87. The fraction of sp³-hybridized carbons (Fsp3) is 0.316. The Hall–Kier alpha value is -2.34. The van der Waals surface area contributed by atoms with Crippen LogP contribution in [-0.4, -0.2) is 20.4 Å². The first kappa shape index (κ1) is 19.0. The van der Waals surface area contributed by atoms with E-state index in [2.05, 4.69) is 10.0 Å². The second-order valence-corrected chi connectivity index (χ2v) is 7.81. The molecule has 2 N–H and O–H groups in total. The van der Waals surface area contributed by atoms with Crippen molar-refractivity contribution < 1.29 is 13.2 Å². The lowest BCUT2D eigenvalue weighted by atomic mass is 10.1. The van der Waals surface area contributed by atoms with Gasteiger partial charge in [0.25, 0.3) is 15.9 Å². The summed E-state index contributed by atoms with van der Waals surface area (Å²) in [6.07, 6.45) is 1.83. The molecule has 0 spiro atoms. The molecule has 2 aromatic carbocycles. The molecule has 25 heavy (non-hydrogen) atoms. The molecular weight excluding hydrogens is 336 g/mol. The van der Waals surface area contributed by atoms with Crippen LogP contribution >= 0.6 is 0 Å². The fourth-order valence-corrected chi connectivity index (χ4v) is 3.58. The zero-order valence-corrected chi connectivity index (χ0v) is 15.6. The normalized spacial score (nSPS) is 12.4. The third kappa shape index (κ3) is 5.06. The quantitative estimate of drug-likeness (QED) is 0.790. The van der Waals surface area contributed by atoms with Gasteiger partial charge in [-0.2, -0.15) is 0 Å². The minimum absolute atomic E-state index is 0.0271. The molecule has 6 heteroatoms. The third-order valence-corrected chi connectivity index (χ3v) is 5.23. The van der Waals surface area contributed by atoms with Gasteiger partial charge in [-0.25, -0.2) is 8.42 Å². The Morgan fingerprint density at radius 3 is 2.36 bits per heavy atom. The lowest BCUT2D eigenvalue weighted by Crippen LogP contribution is -2.33. The number of amides is 1. The number of hydrogen-bond donors (Lipinski definition) is 2. The number of anilines is 1. The van der Waals surface area contributed by atoms with Crippen LogP contribution in [0.3, 0.4) is 0 Å². The van der Waals surface area contributed by atoms with Crippen molar-refractivity contribution in [3.63, 3.8) is 0 Å². The van der Waals surface area contributed by atoms with Crippen LogP contribution in [0, 0.1) is 6.92 Å². The molecule has 0 aliphatic rings. The predicted octanol–water partition coefficient (Wildman–Crippen LogP) is 3.71. The molecule has 0 saturated heterocycles. The van der Waals surface area contributed by atoms with Crippen molar-refractivity contribution in [2.24, 2.45) is 0 Å². The maximum Gasteiger partial charge on any atom is 0.261 e. The zero-order valence-electron chi connectivity index (χ0n) is 14.7. The van der Waals surface area contributed by atoms with Crippen molar-refractivity contribution in [1.29, 1.82) is 0 Å². The van der Waals surface area contributed by atoms with E-state index in [0.717, 1.165) is 18.4 Å². The summed E-state index contributed by atoms with van der Waals surface area (Å²) < 4.78 is 27.7. The van der Waals surface area contributed by atoms with Crippen molar-refractivity contribution in [3.05, 3.63) is 59.7 Å². The number of carbonyl (C=O) groups excluding carboxylic acids is 1. The third-order valence-electron chi connectivity index (χ3n) is 3.85.